The van der Waals surface area contributed by atoms with E-state index < -0.39 is 5.60 Å². The van der Waals surface area contributed by atoms with E-state index in [9.17, 15) is 9.90 Å². The van der Waals surface area contributed by atoms with Crippen molar-refractivity contribution < 1.29 is 14.3 Å². The van der Waals surface area contributed by atoms with Crippen molar-refractivity contribution in [2.24, 2.45) is 0 Å². The van der Waals surface area contributed by atoms with Crippen LogP contribution in [0.3, 0.4) is 0 Å². The smallest absolute Gasteiger partial charge is 0.336 e. The first-order chi connectivity index (χ1) is 12.9. The highest BCUT2D eigenvalue weighted by molar-refractivity contribution is 5.96. The quantitative estimate of drug-likeness (QED) is 0.832. The second-order valence-electron chi connectivity index (χ2n) is 8.11. The van der Waals surface area contributed by atoms with Crippen LogP contribution in [0.1, 0.15) is 51.2 Å². The van der Waals surface area contributed by atoms with Crippen LogP contribution in [0.5, 0.6) is 5.75 Å². The van der Waals surface area contributed by atoms with Crippen molar-refractivity contribution in [2.75, 3.05) is 18.0 Å². The molecule has 27 heavy (non-hydrogen) atoms. The number of nitrogens with zero attached hydrogens (tertiary/aromatic N) is 1. The SMILES string of the molecule is CCCc1cc(=O)oc2cc(N3CCC(O)CC3)c3c(c12)OC(C)(C)C=C3. The number of hydrogen-bond acceptors (Lipinski definition) is 5. The van der Waals surface area contributed by atoms with Gasteiger partial charge in [0, 0.05) is 30.8 Å². The lowest BCUT2D eigenvalue weighted by atomic mass is 9.94. The van der Waals surface area contributed by atoms with E-state index in [1.54, 1.807) is 6.07 Å². The zero-order valence-corrected chi connectivity index (χ0v) is 16.2. The molecule has 144 valence electrons. The van der Waals surface area contributed by atoms with Gasteiger partial charge in [-0.3, -0.25) is 0 Å². The van der Waals surface area contributed by atoms with Crippen molar-refractivity contribution in [1.29, 1.82) is 0 Å². The van der Waals surface area contributed by atoms with Crippen LogP contribution in [0.2, 0.25) is 0 Å². The third-order valence-corrected chi connectivity index (χ3v) is 5.43. The number of ether oxygens (including phenoxy) is 1. The highest BCUT2D eigenvalue weighted by Gasteiger charge is 2.30. The molecule has 3 heterocycles. The first-order valence-electron chi connectivity index (χ1n) is 9.83. The van der Waals surface area contributed by atoms with E-state index >= 15 is 0 Å². The Morgan fingerprint density at radius 2 is 2.00 bits per heavy atom. The predicted molar refractivity (Wildman–Crippen MR) is 108 cm³/mol. The summed E-state index contributed by atoms with van der Waals surface area (Å²) in [7, 11) is 0. The molecule has 1 fully saturated rings. The van der Waals surface area contributed by atoms with Gasteiger partial charge in [-0.05, 0) is 50.8 Å². The molecule has 2 aliphatic heterocycles. The molecule has 2 aliphatic rings. The Morgan fingerprint density at radius 3 is 2.70 bits per heavy atom. The van der Waals surface area contributed by atoms with E-state index in [1.807, 2.05) is 19.9 Å². The summed E-state index contributed by atoms with van der Waals surface area (Å²) in [5.41, 5.74) is 2.86. The van der Waals surface area contributed by atoms with E-state index in [1.165, 1.54) is 0 Å². The average molecular weight is 369 g/mol. The Kier molecular flexibility index (Phi) is 4.50. The maximum Gasteiger partial charge on any atom is 0.336 e. The summed E-state index contributed by atoms with van der Waals surface area (Å²) in [4.78, 5) is 14.4. The molecular weight excluding hydrogens is 342 g/mol. The lowest BCUT2D eigenvalue weighted by Crippen LogP contribution is -2.36. The summed E-state index contributed by atoms with van der Waals surface area (Å²) in [5.74, 6) is 0.799. The molecule has 0 bridgehead atoms. The van der Waals surface area contributed by atoms with Crippen LogP contribution in [0.4, 0.5) is 5.69 Å². The Hall–Kier alpha value is -2.27. The largest absolute Gasteiger partial charge is 0.482 e. The number of anilines is 1. The molecule has 0 aliphatic carbocycles. The Balaban J connectivity index is 1.96. The van der Waals surface area contributed by atoms with Gasteiger partial charge in [-0.25, -0.2) is 4.79 Å². The number of benzene rings is 1. The van der Waals surface area contributed by atoms with Gasteiger partial charge in [0.2, 0.25) is 0 Å². The molecule has 1 N–H and O–H groups in total. The van der Waals surface area contributed by atoms with Crippen LogP contribution >= 0.6 is 0 Å². The standard InChI is InChI=1S/C22H27NO4/c1-4-5-14-12-19(25)26-18-13-17(23-10-7-15(24)8-11-23)16-6-9-22(2,3)27-21(16)20(14)18/h6,9,12-13,15,24H,4-5,7-8,10-11H2,1-3H3. The highest BCUT2D eigenvalue weighted by atomic mass is 16.5. The van der Waals surface area contributed by atoms with Crippen LogP contribution in [-0.2, 0) is 6.42 Å². The van der Waals surface area contributed by atoms with Crippen molar-refractivity contribution in [1.82, 2.24) is 0 Å². The van der Waals surface area contributed by atoms with Gasteiger partial charge in [-0.2, -0.15) is 0 Å². The normalized spacial score (nSPS) is 19.2. The maximum atomic E-state index is 12.1. The zero-order valence-electron chi connectivity index (χ0n) is 16.2. The summed E-state index contributed by atoms with van der Waals surface area (Å²) in [6, 6.07) is 3.57. The summed E-state index contributed by atoms with van der Waals surface area (Å²) < 4.78 is 12.0. The van der Waals surface area contributed by atoms with Crippen LogP contribution in [-0.4, -0.2) is 29.9 Å². The van der Waals surface area contributed by atoms with Crippen molar-refractivity contribution in [3.05, 3.63) is 39.8 Å². The Labute approximate surface area is 159 Å². The van der Waals surface area contributed by atoms with Crippen molar-refractivity contribution in [3.63, 3.8) is 0 Å². The van der Waals surface area contributed by atoms with Gasteiger partial charge in [0.15, 0.2) is 0 Å². The number of aliphatic hydroxyl groups is 1. The van der Waals surface area contributed by atoms with E-state index in [-0.39, 0.29) is 11.7 Å². The van der Waals surface area contributed by atoms with Crippen LogP contribution in [0, 0.1) is 0 Å². The average Bonchev–Trinajstić information content (AvgIpc) is 2.60. The molecule has 5 heteroatoms. The molecule has 2 aromatic rings. The first-order valence-corrected chi connectivity index (χ1v) is 9.83. The van der Waals surface area contributed by atoms with Crippen LogP contribution in [0.25, 0.3) is 17.0 Å². The number of aryl methyl sites for hydroxylation is 1. The molecule has 0 saturated carbocycles. The summed E-state index contributed by atoms with van der Waals surface area (Å²) in [6.07, 6.45) is 7.18. The van der Waals surface area contributed by atoms with Crippen molar-refractivity contribution in [2.45, 2.75) is 58.2 Å². The Bertz CT molecular complexity index is 949. The topological polar surface area (TPSA) is 62.9 Å². The molecule has 1 aromatic carbocycles. The number of aliphatic hydroxyl groups excluding tert-OH is 1. The molecule has 0 spiro atoms. The molecule has 1 aromatic heterocycles. The van der Waals surface area contributed by atoms with Crippen molar-refractivity contribution >= 4 is 22.7 Å². The lowest BCUT2D eigenvalue weighted by Gasteiger charge is -2.36. The fraction of sp³-hybridized carbons (Fsp3) is 0.500. The number of hydrogen-bond donors (Lipinski definition) is 1. The lowest BCUT2D eigenvalue weighted by molar-refractivity contribution is 0.145. The van der Waals surface area contributed by atoms with E-state index in [0.717, 1.165) is 66.7 Å². The zero-order chi connectivity index (χ0) is 19.2. The highest BCUT2D eigenvalue weighted by Crippen LogP contribution is 2.44. The molecule has 0 amide bonds. The predicted octanol–water partition coefficient (Wildman–Crippen LogP) is 3.89. The molecular formula is C22H27NO4. The number of rotatable bonds is 3. The van der Waals surface area contributed by atoms with Crippen molar-refractivity contribution in [3.8, 4) is 5.75 Å². The maximum absolute atomic E-state index is 12.1. The van der Waals surface area contributed by atoms with Gasteiger partial charge < -0.3 is 19.2 Å². The minimum atomic E-state index is -0.420. The fourth-order valence-corrected chi connectivity index (χ4v) is 4.06. The summed E-state index contributed by atoms with van der Waals surface area (Å²) >= 11 is 0. The van der Waals surface area contributed by atoms with Gasteiger partial charge in [0.1, 0.15) is 16.9 Å². The number of piperidine rings is 1. The third-order valence-electron chi connectivity index (χ3n) is 5.43. The molecule has 4 rings (SSSR count). The minimum absolute atomic E-state index is 0.239. The van der Waals surface area contributed by atoms with E-state index in [4.69, 9.17) is 9.15 Å². The molecule has 1 saturated heterocycles. The second-order valence-corrected chi connectivity index (χ2v) is 8.11. The molecule has 0 atom stereocenters. The fourth-order valence-electron chi connectivity index (χ4n) is 4.06. The van der Waals surface area contributed by atoms with Gasteiger partial charge >= 0.3 is 5.63 Å². The minimum Gasteiger partial charge on any atom is -0.482 e. The van der Waals surface area contributed by atoms with Gasteiger partial charge in [-0.15, -0.1) is 0 Å². The molecule has 0 unspecified atom stereocenters. The molecule has 0 radical (unpaired) electrons. The first kappa shape index (κ1) is 18.1. The van der Waals surface area contributed by atoms with Crippen LogP contribution < -0.4 is 15.3 Å². The summed E-state index contributed by atoms with van der Waals surface area (Å²) in [6.45, 7) is 7.71. The van der Waals surface area contributed by atoms with Crippen LogP contribution in [0.15, 0.2) is 27.4 Å². The number of fused-ring (bicyclic) bond motifs is 3. The Morgan fingerprint density at radius 1 is 1.26 bits per heavy atom. The monoisotopic (exact) mass is 369 g/mol. The van der Waals surface area contributed by atoms with Gasteiger partial charge in [0.05, 0.1) is 17.2 Å². The van der Waals surface area contributed by atoms with E-state index in [0.29, 0.717) is 5.58 Å². The van der Waals surface area contributed by atoms with Gasteiger partial charge in [0.25, 0.3) is 0 Å². The summed E-state index contributed by atoms with van der Waals surface area (Å²) in [5, 5.41) is 10.8. The van der Waals surface area contributed by atoms with E-state index in [2.05, 4.69) is 24.0 Å². The van der Waals surface area contributed by atoms with Gasteiger partial charge in [-0.1, -0.05) is 13.3 Å². The molecule has 5 nitrogen and oxygen atoms in total. The second kappa shape index (κ2) is 6.71. The third kappa shape index (κ3) is 3.36.